The van der Waals surface area contributed by atoms with Crippen LogP contribution in [0.15, 0.2) is 65.7 Å². The molecule has 0 saturated heterocycles. The van der Waals surface area contributed by atoms with Gasteiger partial charge in [0, 0.05) is 18.9 Å². The van der Waals surface area contributed by atoms with Crippen LogP contribution in [0.1, 0.15) is 24.3 Å². The second kappa shape index (κ2) is 11.0. The Bertz CT molecular complexity index is 1550. The van der Waals surface area contributed by atoms with Crippen molar-refractivity contribution >= 4 is 33.4 Å². The fourth-order valence-corrected chi connectivity index (χ4v) is 5.38. The number of aryl methyl sites for hydroxylation is 1. The van der Waals surface area contributed by atoms with E-state index in [0.29, 0.717) is 19.5 Å². The minimum absolute atomic E-state index is 0.0489. The van der Waals surface area contributed by atoms with Crippen molar-refractivity contribution in [2.75, 3.05) is 22.7 Å². The van der Waals surface area contributed by atoms with Crippen LogP contribution >= 0.6 is 0 Å². The summed E-state index contributed by atoms with van der Waals surface area (Å²) in [6.07, 6.45) is -5.43. The van der Waals surface area contributed by atoms with Crippen LogP contribution in [0.25, 0.3) is 0 Å². The summed E-state index contributed by atoms with van der Waals surface area (Å²) in [5.74, 6) is -1.02. The lowest BCUT2D eigenvalue weighted by Crippen LogP contribution is -2.48. The molecule has 10 nitrogen and oxygen atoms in total. The van der Waals surface area contributed by atoms with Crippen molar-refractivity contribution in [3.05, 3.63) is 72.3 Å². The Kier molecular flexibility index (Phi) is 7.94. The van der Waals surface area contributed by atoms with E-state index in [1.807, 2.05) is 0 Å². The van der Waals surface area contributed by atoms with Crippen LogP contribution < -0.4 is 19.7 Å². The largest absolute Gasteiger partial charge is 0.484 e. The first-order valence-electron chi connectivity index (χ1n) is 12.1. The Morgan fingerprint density at radius 2 is 1.78 bits per heavy atom. The molecule has 0 fully saturated rings. The summed E-state index contributed by atoms with van der Waals surface area (Å²) in [5.41, 5.74) is -2.55. The molecule has 1 aliphatic rings. The standard InChI is InChI=1S/C26H26F4N4O6S/c1-25(2,26(28,29)30)40-24(36)32-17-8-11-22-21(13-17)34(41(37,38)19-9-6-16(27)7-10-19)15-18(39-22)14-31-23(35)20-5-4-12-33(20)3/h4-13,18H,14-15H2,1-3H3,(H,31,35)(H,32,36)/t18-/m0/s1. The number of fused-ring (bicyclic) bond motifs is 1. The van der Waals surface area contributed by atoms with Crippen molar-refractivity contribution in [3.8, 4) is 5.75 Å². The van der Waals surface area contributed by atoms with Crippen molar-refractivity contribution < 1.29 is 45.0 Å². The second-order valence-electron chi connectivity index (χ2n) is 9.65. The van der Waals surface area contributed by atoms with Gasteiger partial charge in [0.25, 0.3) is 15.9 Å². The summed E-state index contributed by atoms with van der Waals surface area (Å²) in [4.78, 5) is 24.6. The van der Waals surface area contributed by atoms with E-state index in [-0.39, 0.29) is 35.1 Å². The van der Waals surface area contributed by atoms with Crippen LogP contribution in [-0.2, 0) is 21.8 Å². The number of anilines is 2. The first-order valence-corrected chi connectivity index (χ1v) is 13.6. The number of hydrogen-bond donors (Lipinski definition) is 2. The molecule has 220 valence electrons. The lowest BCUT2D eigenvalue weighted by Gasteiger charge is -2.36. The quantitative estimate of drug-likeness (QED) is 0.389. The SMILES string of the molecule is Cn1cccc1C(=O)NC[C@H]1CN(S(=O)(=O)c2ccc(F)cc2)c2cc(NC(=O)OC(C)(C)C(F)(F)F)ccc2O1. The molecule has 1 aromatic heterocycles. The third kappa shape index (κ3) is 6.39. The summed E-state index contributed by atoms with van der Waals surface area (Å²) in [7, 11) is -2.64. The highest BCUT2D eigenvalue weighted by molar-refractivity contribution is 7.92. The molecule has 1 aliphatic heterocycles. The number of nitrogens with one attached hydrogen (secondary N) is 2. The highest BCUT2D eigenvalue weighted by Gasteiger charge is 2.51. The van der Waals surface area contributed by atoms with E-state index in [2.05, 4.69) is 15.4 Å². The zero-order valence-electron chi connectivity index (χ0n) is 22.0. The number of sulfonamides is 1. The van der Waals surface area contributed by atoms with Crippen molar-refractivity contribution in [3.63, 3.8) is 0 Å². The first kappa shape index (κ1) is 29.7. The first-order chi connectivity index (χ1) is 19.1. The van der Waals surface area contributed by atoms with E-state index in [4.69, 9.17) is 4.74 Å². The van der Waals surface area contributed by atoms with E-state index >= 15 is 0 Å². The lowest BCUT2D eigenvalue weighted by atomic mass is 10.1. The number of ether oxygens (including phenoxy) is 2. The van der Waals surface area contributed by atoms with E-state index in [1.54, 1.807) is 29.9 Å². The minimum atomic E-state index is -4.83. The van der Waals surface area contributed by atoms with Crippen LogP contribution in [0.5, 0.6) is 5.75 Å². The number of halogens is 4. The Morgan fingerprint density at radius 3 is 2.39 bits per heavy atom. The monoisotopic (exact) mass is 598 g/mol. The average molecular weight is 599 g/mol. The molecule has 2 amide bonds. The molecule has 2 heterocycles. The highest BCUT2D eigenvalue weighted by Crippen LogP contribution is 2.39. The van der Waals surface area contributed by atoms with Gasteiger partial charge in [0.2, 0.25) is 5.60 Å². The number of nitrogens with zero attached hydrogens (tertiary/aromatic N) is 2. The topological polar surface area (TPSA) is 119 Å². The van der Waals surface area contributed by atoms with E-state index in [0.717, 1.165) is 28.6 Å². The molecular formula is C26H26F4N4O6S. The van der Waals surface area contributed by atoms with Gasteiger partial charge in [0.05, 0.1) is 23.7 Å². The van der Waals surface area contributed by atoms with Crippen molar-refractivity contribution in [1.29, 1.82) is 0 Å². The fraction of sp³-hybridized carbons (Fsp3) is 0.308. The molecule has 4 rings (SSSR count). The smallest absolute Gasteiger partial charge is 0.427 e. The molecule has 3 aromatic rings. The summed E-state index contributed by atoms with van der Waals surface area (Å²) in [5, 5.41) is 4.86. The Labute approximate surface area is 232 Å². The number of hydrogen-bond acceptors (Lipinski definition) is 6. The molecule has 0 bridgehead atoms. The zero-order chi connectivity index (χ0) is 30.2. The number of benzene rings is 2. The van der Waals surface area contributed by atoms with Crippen molar-refractivity contribution in [1.82, 2.24) is 9.88 Å². The molecule has 1 atom stereocenters. The van der Waals surface area contributed by atoms with Gasteiger partial charge in [-0.1, -0.05) is 0 Å². The summed E-state index contributed by atoms with van der Waals surface area (Å²) >= 11 is 0. The zero-order valence-corrected chi connectivity index (χ0v) is 22.8. The summed E-state index contributed by atoms with van der Waals surface area (Å²) in [6.45, 7) is 0.981. The van der Waals surface area contributed by atoms with Gasteiger partial charge in [-0.2, -0.15) is 13.2 Å². The highest BCUT2D eigenvalue weighted by atomic mass is 32.2. The molecule has 0 saturated carbocycles. The lowest BCUT2D eigenvalue weighted by molar-refractivity contribution is -0.242. The number of carbonyl (C=O) groups is 2. The Hall–Kier alpha value is -4.27. The van der Waals surface area contributed by atoms with Gasteiger partial charge in [-0.15, -0.1) is 0 Å². The number of carbonyl (C=O) groups excluding carboxylic acids is 2. The van der Waals surface area contributed by atoms with E-state index in [1.165, 1.54) is 18.2 Å². The number of aromatic nitrogens is 1. The summed E-state index contributed by atoms with van der Waals surface area (Å²) in [6, 6.07) is 11.2. The third-order valence-electron chi connectivity index (χ3n) is 6.24. The minimum Gasteiger partial charge on any atom is -0.484 e. The molecule has 41 heavy (non-hydrogen) atoms. The number of rotatable bonds is 7. The van der Waals surface area contributed by atoms with Gasteiger partial charge >= 0.3 is 12.3 Å². The predicted molar refractivity (Wildman–Crippen MR) is 140 cm³/mol. The Balaban J connectivity index is 1.62. The van der Waals surface area contributed by atoms with E-state index in [9.17, 15) is 35.6 Å². The number of alkyl halides is 3. The van der Waals surface area contributed by atoms with Crippen LogP contribution in [0, 0.1) is 5.82 Å². The molecule has 0 spiro atoms. The van der Waals surface area contributed by atoms with Crippen LogP contribution in [0.3, 0.4) is 0 Å². The Morgan fingerprint density at radius 1 is 1.10 bits per heavy atom. The normalized spacial score (nSPS) is 15.5. The fourth-order valence-electron chi connectivity index (χ4n) is 3.88. The van der Waals surface area contributed by atoms with Crippen molar-refractivity contribution in [2.24, 2.45) is 7.05 Å². The summed E-state index contributed by atoms with van der Waals surface area (Å²) < 4.78 is 93.1. The molecule has 15 heteroatoms. The van der Waals surface area contributed by atoms with Crippen molar-refractivity contribution in [2.45, 2.75) is 36.6 Å². The molecule has 0 aliphatic carbocycles. The van der Waals surface area contributed by atoms with Gasteiger partial charge in [-0.05, 0) is 68.4 Å². The van der Waals surface area contributed by atoms with Crippen LogP contribution in [0.2, 0.25) is 0 Å². The molecular weight excluding hydrogens is 572 g/mol. The van der Waals surface area contributed by atoms with Crippen LogP contribution in [0.4, 0.5) is 33.7 Å². The molecule has 2 N–H and O–H groups in total. The second-order valence-corrected chi connectivity index (χ2v) is 11.5. The van der Waals surface area contributed by atoms with Gasteiger partial charge < -0.3 is 19.4 Å². The maximum Gasteiger partial charge on any atom is 0.427 e. The van der Waals surface area contributed by atoms with Gasteiger partial charge in [-0.25, -0.2) is 17.6 Å². The predicted octanol–water partition coefficient (Wildman–Crippen LogP) is 4.44. The van der Waals surface area contributed by atoms with Gasteiger partial charge in [-0.3, -0.25) is 14.4 Å². The average Bonchev–Trinajstić information content (AvgIpc) is 3.32. The van der Waals surface area contributed by atoms with Gasteiger partial charge in [0.15, 0.2) is 0 Å². The molecule has 0 unspecified atom stereocenters. The number of amides is 2. The van der Waals surface area contributed by atoms with Crippen LogP contribution in [-0.4, -0.2) is 56.0 Å². The van der Waals surface area contributed by atoms with Gasteiger partial charge in [0.1, 0.15) is 23.4 Å². The maximum atomic E-state index is 13.6. The molecule has 2 aromatic carbocycles. The van der Waals surface area contributed by atoms with E-state index < -0.39 is 45.7 Å². The third-order valence-corrected chi connectivity index (χ3v) is 8.03. The maximum absolute atomic E-state index is 13.6. The molecule has 0 radical (unpaired) electrons.